The lowest BCUT2D eigenvalue weighted by molar-refractivity contribution is 0.494. The van der Waals surface area contributed by atoms with Crippen molar-refractivity contribution in [2.75, 3.05) is 0 Å². The van der Waals surface area contributed by atoms with Gasteiger partial charge in [0.1, 0.15) is 0 Å². The molecule has 0 rings (SSSR count). The minimum atomic E-state index is 0.0701. The molecule has 0 aromatic carbocycles. The molecule has 0 amide bonds. The molecular formula is C14H25N. The minimum Gasteiger partial charge on any atom is -0.261 e. The molecule has 86 valence electrons. The summed E-state index contributed by atoms with van der Waals surface area (Å²) in [6, 6.07) is 0. The Labute approximate surface area is 95.0 Å². The first kappa shape index (κ1) is 14.2. The first-order valence-electron chi connectivity index (χ1n) is 5.48. The number of hydrogen-bond donors (Lipinski definition) is 0. The van der Waals surface area contributed by atoms with E-state index in [-0.39, 0.29) is 10.8 Å². The van der Waals surface area contributed by atoms with Gasteiger partial charge in [0, 0.05) is 16.8 Å². The van der Waals surface area contributed by atoms with Gasteiger partial charge in [0.2, 0.25) is 0 Å². The van der Waals surface area contributed by atoms with Crippen LogP contribution in [0, 0.1) is 10.8 Å². The quantitative estimate of drug-likeness (QED) is 0.463. The van der Waals surface area contributed by atoms with Crippen molar-refractivity contribution in [2.24, 2.45) is 15.8 Å². The van der Waals surface area contributed by atoms with Crippen molar-refractivity contribution >= 4 is 5.71 Å². The molecule has 0 saturated heterocycles. The Balaban J connectivity index is 5.19. The van der Waals surface area contributed by atoms with Crippen LogP contribution in [0.15, 0.2) is 29.4 Å². The molecule has 0 radical (unpaired) electrons. The van der Waals surface area contributed by atoms with E-state index in [1.54, 1.807) is 6.08 Å². The molecule has 0 atom stereocenters. The molecule has 1 heteroatoms. The molecule has 0 aliphatic carbocycles. The molecular weight excluding hydrogens is 182 g/mol. The van der Waals surface area contributed by atoms with Crippen molar-refractivity contribution in [3.05, 3.63) is 24.4 Å². The first-order chi connectivity index (χ1) is 6.59. The third-order valence-electron chi connectivity index (χ3n) is 2.42. The van der Waals surface area contributed by atoms with E-state index in [1.807, 2.05) is 6.08 Å². The highest BCUT2D eigenvalue weighted by molar-refractivity contribution is 5.87. The third-order valence-corrected chi connectivity index (χ3v) is 2.42. The molecule has 0 heterocycles. The van der Waals surface area contributed by atoms with E-state index in [0.717, 1.165) is 11.4 Å². The van der Waals surface area contributed by atoms with Gasteiger partial charge >= 0.3 is 0 Å². The molecule has 0 N–H and O–H groups in total. The lowest BCUT2D eigenvalue weighted by Crippen LogP contribution is -2.19. The van der Waals surface area contributed by atoms with Gasteiger partial charge in [-0.3, -0.25) is 4.99 Å². The molecule has 1 nitrogen and oxygen atoms in total. The highest BCUT2D eigenvalue weighted by Gasteiger charge is 2.19. The summed E-state index contributed by atoms with van der Waals surface area (Å²) in [6.45, 7) is 18.9. The van der Waals surface area contributed by atoms with E-state index in [1.165, 1.54) is 0 Å². The summed E-state index contributed by atoms with van der Waals surface area (Å²) in [6.07, 6.45) is 3.80. The number of rotatable bonds is 2. The zero-order chi connectivity index (χ0) is 12.3. The second kappa shape index (κ2) is 4.78. The van der Waals surface area contributed by atoms with Gasteiger partial charge in [-0.15, -0.1) is 0 Å². The summed E-state index contributed by atoms with van der Waals surface area (Å²) >= 11 is 0. The normalized spacial score (nSPS) is 15.4. The van der Waals surface area contributed by atoms with Crippen LogP contribution in [0.25, 0.3) is 0 Å². The van der Waals surface area contributed by atoms with Crippen molar-refractivity contribution in [3.8, 4) is 0 Å². The van der Waals surface area contributed by atoms with Gasteiger partial charge in [-0.25, -0.2) is 0 Å². The fourth-order valence-corrected chi connectivity index (χ4v) is 0.915. The molecule has 0 unspecified atom stereocenters. The number of nitrogens with zero attached hydrogens (tertiary/aromatic N) is 1. The van der Waals surface area contributed by atoms with Gasteiger partial charge in [-0.1, -0.05) is 54.2 Å². The lowest BCUT2D eigenvalue weighted by atomic mass is 9.88. The Hall–Kier alpha value is -0.850. The Kier molecular flexibility index (Phi) is 4.51. The largest absolute Gasteiger partial charge is 0.261 e. The van der Waals surface area contributed by atoms with Crippen molar-refractivity contribution in [2.45, 2.75) is 48.5 Å². The second-order valence-electron chi connectivity index (χ2n) is 5.98. The molecule has 0 bridgehead atoms. The van der Waals surface area contributed by atoms with Gasteiger partial charge in [0.15, 0.2) is 0 Å². The van der Waals surface area contributed by atoms with Crippen LogP contribution in [0.3, 0.4) is 0 Å². The average Bonchev–Trinajstić information content (AvgIpc) is 1.99. The van der Waals surface area contributed by atoms with Crippen molar-refractivity contribution < 1.29 is 0 Å². The Morgan fingerprint density at radius 3 is 1.73 bits per heavy atom. The lowest BCUT2D eigenvalue weighted by Gasteiger charge is -2.24. The van der Waals surface area contributed by atoms with Gasteiger partial charge in [-0.05, 0) is 18.4 Å². The van der Waals surface area contributed by atoms with Crippen LogP contribution < -0.4 is 0 Å². The fraction of sp³-hybridized carbons (Fsp3) is 0.643. The van der Waals surface area contributed by atoms with E-state index in [2.05, 4.69) is 55.0 Å². The topological polar surface area (TPSA) is 12.4 Å². The monoisotopic (exact) mass is 207 g/mol. The summed E-state index contributed by atoms with van der Waals surface area (Å²) in [5, 5.41) is 0. The Morgan fingerprint density at radius 2 is 1.47 bits per heavy atom. The average molecular weight is 207 g/mol. The second-order valence-corrected chi connectivity index (χ2v) is 5.98. The van der Waals surface area contributed by atoms with Crippen LogP contribution in [0.1, 0.15) is 48.5 Å². The molecule has 0 aromatic rings. The van der Waals surface area contributed by atoms with Crippen LogP contribution in [-0.2, 0) is 0 Å². The molecule has 0 aromatic heterocycles. The molecule has 0 fully saturated rings. The first-order valence-corrected chi connectivity index (χ1v) is 5.48. The van der Waals surface area contributed by atoms with Gasteiger partial charge in [0.05, 0.1) is 0 Å². The smallest absolute Gasteiger partial charge is 0.0456 e. The van der Waals surface area contributed by atoms with E-state index >= 15 is 0 Å². The van der Waals surface area contributed by atoms with E-state index in [4.69, 9.17) is 4.99 Å². The molecule has 0 saturated carbocycles. The maximum Gasteiger partial charge on any atom is 0.0456 e. The zero-order valence-electron chi connectivity index (χ0n) is 11.3. The number of aliphatic imine (C=N–C) groups is 1. The van der Waals surface area contributed by atoms with Gasteiger partial charge in [-0.2, -0.15) is 0 Å². The van der Waals surface area contributed by atoms with Crippen LogP contribution >= 0.6 is 0 Å². The fourth-order valence-electron chi connectivity index (χ4n) is 0.915. The van der Waals surface area contributed by atoms with Crippen LogP contribution in [-0.4, -0.2) is 5.71 Å². The Morgan fingerprint density at radius 1 is 1.00 bits per heavy atom. The SMILES string of the molecule is C=C/C=C(\N=C(/C)C(C)(C)C)C(C)(C)C. The standard InChI is InChI=1S/C14H25N/c1-9-10-12(14(6,7)8)15-11(2)13(3,4)5/h9-10H,1H2,2-8H3/b12-10-,15-11+. The zero-order valence-corrected chi connectivity index (χ0v) is 11.3. The summed E-state index contributed by atoms with van der Waals surface area (Å²) in [5.74, 6) is 0. The van der Waals surface area contributed by atoms with E-state index in [0.29, 0.717) is 0 Å². The molecule has 0 spiro atoms. The van der Waals surface area contributed by atoms with Gasteiger partial charge < -0.3 is 0 Å². The van der Waals surface area contributed by atoms with E-state index in [9.17, 15) is 0 Å². The number of hydrogen-bond acceptors (Lipinski definition) is 1. The summed E-state index contributed by atoms with van der Waals surface area (Å²) in [5.41, 5.74) is 2.45. The summed E-state index contributed by atoms with van der Waals surface area (Å²) in [7, 11) is 0. The maximum absolute atomic E-state index is 4.72. The predicted octanol–water partition coefficient (Wildman–Crippen LogP) is 4.61. The van der Waals surface area contributed by atoms with Crippen molar-refractivity contribution in [3.63, 3.8) is 0 Å². The minimum absolute atomic E-state index is 0.0701. The van der Waals surface area contributed by atoms with E-state index < -0.39 is 0 Å². The maximum atomic E-state index is 4.72. The van der Waals surface area contributed by atoms with Crippen LogP contribution in [0.5, 0.6) is 0 Å². The highest BCUT2D eigenvalue weighted by Crippen LogP contribution is 2.28. The molecule has 15 heavy (non-hydrogen) atoms. The van der Waals surface area contributed by atoms with Crippen molar-refractivity contribution in [1.29, 1.82) is 0 Å². The third kappa shape index (κ3) is 4.96. The van der Waals surface area contributed by atoms with Crippen LogP contribution in [0.4, 0.5) is 0 Å². The Bertz CT molecular complexity index is 279. The highest BCUT2D eigenvalue weighted by atomic mass is 14.8. The summed E-state index contributed by atoms with van der Waals surface area (Å²) < 4.78 is 0. The number of allylic oxidation sites excluding steroid dienone is 3. The summed E-state index contributed by atoms with van der Waals surface area (Å²) in [4.78, 5) is 4.72. The molecule has 0 aliphatic heterocycles. The van der Waals surface area contributed by atoms with Crippen LogP contribution in [0.2, 0.25) is 0 Å². The predicted molar refractivity (Wildman–Crippen MR) is 70.3 cm³/mol. The molecule has 0 aliphatic rings. The van der Waals surface area contributed by atoms with Crippen molar-refractivity contribution in [1.82, 2.24) is 0 Å². The van der Waals surface area contributed by atoms with Gasteiger partial charge in [0.25, 0.3) is 0 Å².